The summed E-state index contributed by atoms with van der Waals surface area (Å²) in [6, 6.07) is 6.38. The lowest BCUT2D eigenvalue weighted by Crippen LogP contribution is -2.60. The predicted molar refractivity (Wildman–Crippen MR) is 65.2 cm³/mol. The Morgan fingerprint density at radius 1 is 1.05 bits per heavy atom. The Kier molecular flexibility index (Phi) is 4.23. The first-order chi connectivity index (χ1) is 9.02. The minimum Gasteiger partial charge on any atom is -0.462 e. The number of ether oxygens (including phenoxy) is 2. The van der Waals surface area contributed by atoms with Crippen LogP contribution in [0.4, 0.5) is 5.69 Å². The summed E-state index contributed by atoms with van der Waals surface area (Å²) in [6.07, 6.45) is -6.44. The maximum Gasteiger partial charge on any atom is 0.229 e. The number of benzene rings is 1. The van der Waals surface area contributed by atoms with Crippen molar-refractivity contribution in [2.45, 2.75) is 30.7 Å². The van der Waals surface area contributed by atoms with Gasteiger partial charge in [0.2, 0.25) is 6.29 Å². The molecule has 0 bridgehead atoms. The number of aliphatic hydroxyl groups excluding tert-OH is 4. The van der Waals surface area contributed by atoms with Crippen LogP contribution in [0.25, 0.3) is 0 Å². The molecule has 0 radical (unpaired) electrons. The van der Waals surface area contributed by atoms with Crippen LogP contribution in [-0.4, -0.2) is 57.7 Å². The van der Waals surface area contributed by atoms with Crippen molar-refractivity contribution in [3.63, 3.8) is 0 Å². The van der Waals surface area contributed by atoms with Crippen molar-refractivity contribution in [1.82, 2.24) is 0 Å². The van der Waals surface area contributed by atoms with Crippen LogP contribution in [0.5, 0.6) is 5.75 Å². The van der Waals surface area contributed by atoms with E-state index in [0.29, 0.717) is 11.4 Å². The number of hydrogen-bond acceptors (Lipinski definition) is 7. The summed E-state index contributed by atoms with van der Waals surface area (Å²) in [5.74, 6) is 0.388. The van der Waals surface area contributed by atoms with Crippen molar-refractivity contribution < 1.29 is 29.9 Å². The lowest BCUT2D eigenvalue weighted by molar-refractivity contribution is -0.277. The lowest BCUT2D eigenvalue weighted by Gasteiger charge is -2.39. The second-order valence-corrected chi connectivity index (χ2v) is 4.38. The number of anilines is 1. The molecule has 0 amide bonds. The monoisotopic (exact) mass is 271 g/mol. The smallest absolute Gasteiger partial charge is 0.229 e. The first-order valence-corrected chi connectivity index (χ1v) is 5.85. The Balaban J connectivity index is 2.08. The minimum absolute atomic E-state index is 0.388. The van der Waals surface area contributed by atoms with E-state index in [9.17, 15) is 15.3 Å². The molecule has 1 fully saturated rings. The molecule has 1 saturated heterocycles. The molecule has 0 aromatic heterocycles. The molecule has 1 heterocycles. The number of hydrogen-bond donors (Lipinski definition) is 5. The molecule has 2 unspecified atom stereocenters. The largest absolute Gasteiger partial charge is 0.462 e. The molecule has 1 aliphatic heterocycles. The molecule has 2 rings (SSSR count). The third kappa shape index (κ3) is 2.96. The molecular formula is C12H17NO6. The summed E-state index contributed by atoms with van der Waals surface area (Å²) in [4.78, 5) is 0. The molecule has 7 heteroatoms. The zero-order chi connectivity index (χ0) is 14.0. The summed E-state index contributed by atoms with van der Waals surface area (Å²) >= 11 is 0. The maximum absolute atomic E-state index is 9.77. The molecule has 6 N–H and O–H groups in total. The van der Waals surface area contributed by atoms with Crippen LogP contribution < -0.4 is 10.5 Å². The van der Waals surface area contributed by atoms with E-state index in [1.165, 1.54) is 0 Å². The van der Waals surface area contributed by atoms with Gasteiger partial charge < -0.3 is 35.6 Å². The highest BCUT2D eigenvalue weighted by molar-refractivity contribution is 5.41. The molecule has 0 saturated carbocycles. The van der Waals surface area contributed by atoms with Crippen LogP contribution >= 0.6 is 0 Å². The van der Waals surface area contributed by atoms with E-state index in [4.69, 9.17) is 20.3 Å². The fourth-order valence-electron chi connectivity index (χ4n) is 1.85. The maximum atomic E-state index is 9.77. The molecule has 0 aliphatic carbocycles. The molecule has 106 valence electrons. The van der Waals surface area contributed by atoms with Crippen molar-refractivity contribution in [3.8, 4) is 5.75 Å². The quantitative estimate of drug-likeness (QED) is 0.421. The third-order valence-corrected chi connectivity index (χ3v) is 2.98. The number of nitrogen functional groups attached to an aromatic ring is 1. The van der Waals surface area contributed by atoms with Gasteiger partial charge in [-0.3, -0.25) is 0 Å². The van der Waals surface area contributed by atoms with Crippen molar-refractivity contribution in [1.29, 1.82) is 0 Å². The Labute approximate surface area is 109 Å². The first-order valence-electron chi connectivity index (χ1n) is 5.85. The fourth-order valence-corrected chi connectivity index (χ4v) is 1.85. The van der Waals surface area contributed by atoms with E-state index in [-0.39, 0.29) is 0 Å². The normalized spacial score (nSPS) is 35.1. The Hall–Kier alpha value is -1.38. The number of aliphatic hydroxyl groups is 4. The average Bonchev–Trinajstić information content (AvgIpc) is 2.42. The Morgan fingerprint density at radius 3 is 2.26 bits per heavy atom. The lowest BCUT2D eigenvalue weighted by atomic mass is 9.99. The first kappa shape index (κ1) is 14.0. The summed E-state index contributed by atoms with van der Waals surface area (Å²) in [7, 11) is 0. The highest BCUT2D eigenvalue weighted by Gasteiger charge is 2.44. The topological polar surface area (TPSA) is 125 Å². The summed E-state index contributed by atoms with van der Waals surface area (Å²) in [5.41, 5.74) is 6.09. The molecular weight excluding hydrogens is 254 g/mol. The highest BCUT2D eigenvalue weighted by atomic mass is 16.7. The van der Waals surface area contributed by atoms with Gasteiger partial charge in [-0.25, -0.2) is 0 Å². The summed E-state index contributed by atoms with van der Waals surface area (Å²) in [5, 5.41) is 38.0. The van der Waals surface area contributed by atoms with E-state index in [1.807, 2.05) is 0 Å². The molecule has 1 aromatic rings. The molecule has 5 atom stereocenters. The molecule has 7 nitrogen and oxygen atoms in total. The third-order valence-electron chi connectivity index (χ3n) is 2.98. The van der Waals surface area contributed by atoms with Gasteiger partial charge in [-0.15, -0.1) is 0 Å². The average molecular weight is 271 g/mol. The van der Waals surface area contributed by atoms with E-state index in [0.717, 1.165) is 0 Å². The van der Waals surface area contributed by atoms with E-state index in [2.05, 4.69) is 0 Å². The second-order valence-electron chi connectivity index (χ2n) is 4.38. The van der Waals surface area contributed by atoms with Gasteiger partial charge in [-0.05, 0) is 24.3 Å². The van der Waals surface area contributed by atoms with Crippen molar-refractivity contribution in [3.05, 3.63) is 24.3 Å². The van der Waals surface area contributed by atoms with Gasteiger partial charge >= 0.3 is 0 Å². The predicted octanol–water partition coefficient (Wildman–Crippen LogP) is -1.55. The zero-order valence-corrected chi connectivity index (χ0v) is 10.1. The molecule has 0 spiro atoms. The van der Waals surface area contributed by atoms with Gasteiger partial charge in [0.05, 0.1) is 6.61 Å². The van der Waals surface area contributed by atoms with Crippen LogP contribution in [-0.2, 0) is 4.74 Å². The molecule has 19 heavy (non-hydrogen) atoms. The minimum atomic E-state index is -1.45. The highest BCUT2D eigenvalue weighted by Crippen LogP contribution is 2.24. The van der Waals surface area contributed by atoms with Gasteiger partial charge in [-0.1, -0.05) is 0 Å². The van der Waals surface area contributed by atoms with Gasteiger partial charge in [0.25, 0.3) is 0 Å². The SMILES string of the molecule is Nc1ccc(O[C@@H]2OC(CO)[C@@H](O)[C@H](O)C2O)cc1. The Morgan fingerprint density at radius 2 is 1.68 bits per heavy atom. The van der Waals surface area contributed by atoms with Crippen LogP contribution in [0.3, 0.4) is 0 Å². The van der Waals surface area contributed by atoms with E-state index >= 15 is 0 Å². The van der Waals surface area contributed by atoms with Gasteiger partial charge in [0.1, 0.15) is 30.2 Å². The van der Waals surface area contributed by atoms with Gasteiger partial charge in [-0.2, -0.15) is 0 Å². The molecule has 1 aliphatic rings. The van der Waals surface area contributed by atoms with E-state index < -0.39 is 37.3 Å². The summed E-state index contributed by atoms with van der Waals surface area (Å²) in [6.45, 7) is -0.494. The Bertz CT molecular complexity index is 409. The number of rotatable bonds is 3. The van der Waals surface area contributed by atoms with Crippen molar-refractivity contribution in [2.75, 3.05) is 12.3 Å². The van der Waals surface area contributed by atoms with Crippen LogP contribution in [0.2, 0.25) is 0 Å². The number of nitrogens with two attached hydrogens (primary N) is 1. The van der Waals surface area contributed by atoms with Crippen LogP contribution in [0, 0.1) is 0 Å². The van der Waals surface area contributed by atoms with Gasteiger partial charge in [0.15, 0.2) is 0 Å². The van der Waals surface area contributed by atoms with Gasteiger partial charge in [0, 0.05) is 5.69 Å². The molecule has 1 aromatic carbocycles. The van der Waals surface area contributed by atoms with Crippen molar-refractivity contribution >= 4 is 5.69 Å². The second kappa shape index (κ2) is 5.72. The van der Waals surface area contributed by atoms with Crippen LogP contribution in [0.15, 0.2) is 24.3 Å². The standard InChI is InChI=1S/C12H17NO6/c13-6-1-3-7(4-2-6)18-12-11(17)10(16)9(15)8(5-14)19-12/h1-4,8-12,14-17H,5,13H2/t8?,9-,10+,11?,12-/m1/s1. The van der Waals surface area contributed by atoms with Crippen molar-refractivity contribution in [2.24, 2.45) is 0 Å². The fraction of sp³-hybridized carbons (Fsp3) is 0.500. The zero-order valence-electron chi connectivity index (χ0n) is 10.1. The summed E-state index contributed by atoms with van der Waals surface area (Å²) < 4.78 is 10.6. The van der Waals surface area contributed by atoms with Crippen LogP contribution in [0.1, 0.15) is 0 Å². The van der Waals surface area contributed by atoms with E-state index in [1.54, 1.807) is 24.3 Å².